The van der Waals surface area contributed by atoms with Crippen LogP contribution < -0.4 is 5.32 Å². The van der Waals surface area contributed by atoms with E-state index < -0.39 is 0 Å². The zero-order valence-corrected chi connectivity index (χ0v) is 10.7. The molecule has 2 heteroatoms. The maximum absolute atomic E-state index is 11.9. The van der Waals surface area contributed by atoms with E-state index in [1.807, 2.05) is 0 Å². The van der Waals surface area contributed by atoms with Crippen LogP contribution in [-0.4, -0.2) is 16.9 Å². The van der Waals surface area contributed by atoms with Gasteiger partial charge in [0, 0.05) is 23.9 Å². The normalized spacial score (nSPS) is 24.1. The minimum Gasteiger partial charge on any atom is -0.305 e. The molecular weight excluding hydrogens is 186 g/mol. The molecule has 1 aliphatic heterocycles. The molecule has 1 N–H and O–H groups in total. The van der Waals surface area contributed by atoms with Crippen molar-refractivity contribution in [1.29, 1.82) is 0 Å². The average molecular weight is 211 g/mol. The van der Waals surface area contributed by atoms with Crippen LogP contribution in [0.25, 0.3) is 0 Å². The Morgan fingerprint density at radius 1 is 0.933 bits per heavy atom. The van der Waals surface area contributed by atoms with Crippen molar-refractivity contribution in [1.82, 2.24) is 5.32 Å². The smallest absolute Gasteiger partial charge is 0.136 e. The number of hydrogen-bond acceptors (Lipinski definition) is 2. The fourth-order valence-corrected chi connectivity index (χ4v) is 2.82. The van der Waals surface area contributed by atoms with E-state index in [1.54, 1.807) is 0 Å². The van der Waals surface area contributed by atoms with E-state index in [4.69, 9.17) is 0 Å². The van der Waals surface area contributed by atoms with Crippen LogP contribution in [0.2, 0.25) is 0 Å². The van der Waals surface area contributed by atoms with Gasteiger partial charge in [0.15, 0.2) is 0 Å². The average Bonchev–Trinajstić information content (AvgIpc) is 2.28. The van der Waals surface area contributed by atoms with Crippen LogP contribution in [0.3, 0.4) is 0 Å². The predicted molar refractivity (Wildman–Crippen MR) is 64.0 cm³/mol. The standard InChI is InChI=1S/C13H25NO/c1-5-12(6-2)9-11(15)10-13(7-3,8-4)14-12/h14H,5-10H2,1-4H3. The number of nitrogens with one attached hydrogen (secondary N) is 1. The van der Waals surface area contributed by atoms with E-state index in [9.17, 15) is 4.79 Å². The molecule has 0 atom stereocenters. The van der Waals surface area contributed by atoms with Crippen LogP contribution in [0.1, 0.15) is 66.2 Å². The molecule has 1 rings (SSSR count). The highest BCUT2D eigenvalue weighted by atomic mass is 16.1. The zero-order valence-electron chi connectivity index (χ0n) is 10.7. The molecule has 0 saturated carbocycles. The molecule has 0 aromatic rings. The van der Waals surface area contributed by atoms with Gasteiger partial charge in [0.25, 0.3) is 0 Å². The van der Waals surface area contributed by atoms with Gasteiger partial charge in [0.2, 0.25) is 0 Å². The van der Waals surface area contributed by atoms with Gasteiger partial charge >= 0.3 is 0 Å². The Kier molecular flexibility index (Phi) is 3.93. The lowest BCUT2D eigenvalue weighted by Crippen LogP contribution is -2.62. The molecule has 1 saturated heterocycles. The maximum Gasteiger partial charge on any atom is 0.136 e. The van der Waals surface area contributed by atoms with Gasteiger partial charge in [-0.25, -0.2) is 0 Å². The summed E-state index contributed by atoms with van der Waals surface area (Å²) >= 11 is 0. The Labute approximate surface area is 93.8 Å². The highest BCUT2D eigenvalue weighted by molar-refractivity contribution is 5.82. The summed E-state index contributed by atoms with van der Waals surface area (Å²) in [5, 5.41) is 3.79. The van der Waals surface area contributed by atoms with Crippen LogP contribution >= 0.6 is 0 Å². The molecular formula is C13H25NO. The van der Waals surface area contributed by atoms with E-state index in [1.165, 1.54) is 0 Å². The Hall–Kier alpha value is -0.370. The minimum absolute atomic E-state index is 0.0708. The van der Waals surface area contributed by atoms with Crippen molar-refractivity contribution < 1.29 is 4.79 Å². The molecule has 0 unspecified atom stereocenters. The first-order valence-electron chi connectivity index (χ1n) is 6.36. The van der Waals surface area contributed by atoms with Crippen molar-refractivity contribution in [3.63, 3.8) is 0 Å². The first-order chi connectivity index (χ1) is 7.05. The summed E-state index contributed by atoms with van der Waals surface area (Å²) in [7, 11) is 0. The van der Waals surface area contributed by atoms with Crippen LogP contribution in [0.4, 0.5) is 0 Å². The van der Waals surface area contributed by atoms with Crippen LogP contribution in [0.5, 0.6) is 0 Å². The number of rotatable bonds is 4. The number of ketones is 1. The summed E-state index contributed by atoms with van der Waals surface area (Å²) in [6, 6.07) is 0. The van der Waals surface area contributed by atoms with E-state index >= 15 is 0 Å². The second kappa shape index (κ2) is 4.65. The van der Waals surface area contributed by atoms with Crippen molar-refractivity contribution in [2.24, 2.45) is 0 Å². The number of carbonyl (C=O) groups excluding carboxylic acids is 1. The largest absolute Gasteiger partial charge is 0.305 e. The molecule has 15 heavy (non-hydrogen) atoms. The van der Waals surface area contributed by atoms with Crippen molar-refractivity contribution in [2.45, 2.75) is 77.3 Å². The number of piperidine rings is 1. The summed E-state index contributed by atoms with van der Waals surface area (Å²) in [5.74, 6) is 0.446. The quantitative estimate of drug-likeness (QED) is 0.774. The van der Waals surface area contributed by atoms with E-state index in [2.05, 4.69) is 33.0 Å². The zero-order chi connectivity index (χ0) is 11.5. The third-order valence-electron chi connectivity index (χ3n) is 4.31. The van der Waals surface area contributed by atoms with Crippen LogP contribution in [0.15, 0.2) is 0 Å². The van der Waals surface area contributed by atoms with Gasteiger partial charge < -0.3 is 5.32 Å². The summed E-state index contributed by atoms with van der Waals surface area (Å²) in [6.07, 6.45) is 5.66. The van der Waals surface area contributed by atoms with Gasteiger partial charge in [0.05, 0.1) is 0 Å². The molecule has 1 fully saturated rings. The summed E-state index contributed by atoms with van der Waals surface area (Å²) in [5.41, 5.74) is 0.142. The third kappa shape index (κ3) is 2.41. The summed E-state index contributed by atoms with van der Waals surface area (Å²) in [4.78, 5) is 11.9. The monoisotopic (exact) mass is 211 g/mol. The molecule has 2 nitrogen and oxygen atoms in total. The fraction of sp³-hybridized carbons (Fsp3) is 0.923. The maximum atomic E-state index is 11.9. The molecule has 0 radical (unpaired) electrons. The van der Waals surface area contributed by atoms with Crippen LogP contribution in [0, 0.1) is 0 Å². The number of Topliss-reactive ketones (excluding diaryl/α,β-unsaturated/α-hetero) is 1. The molecule has 0 aromatic carbocycles. The number of carbonyl (C=O) groups is 1. The SMILES string of the molecule is CCC1(CC)CC(=O)CC(CC)(CC)N1. The van der Waals surface area contributed by atoms with Gasteiger partial charge in [-0.1, -0.05) is 27.7 Å². The first-order valence-corrected chi connectivity index (χ1v) is 6.36. The molecule has 0 bridgehead atoms. The molecule has 0 amide bonds. The van der Waals surface area contributed by atoms with Crippen molar-refractivity contribution in [3.05, 3.63) is 0 Å². The molecule has 1 aliphatic rings. The Bertz CT molecular complexity index is 205. The highest BCUT2D eigenvalue weighted by Crippen LogP contribution is 2.35. The summed E-state index contributed by atoms with van der Waals surface area (Å²) in [6.45, 7) is 8.74. The predicted octanol–water partition coefficient (Wildman–Crippen LogP) is 3.06. The molecule has 1 heterocycles. The molecule has 88 valence electrons. The van der Waals surface area contributed by atoms with E-state index in [0.29, 0.717) is 5.78 Å². The second-order valence-corrected chi connectivity index (χ2v) is 4.99. The van der Waals surface area contributed by atoms with Gasteiger partial charge in [-0.15, -0.1) is 0 Å². The van der Waals surface area contributed by atoms with Crippen molar-refractivity contribution >= 4 is 5.78 Å². The molecule has 0 spiro atoms. The molecule has 0 aliphatic carbocycles. The Morgan fingerprint density at radius 3 is 1.53 bits per heavy atom. The third-order valence-corrected chi connectivity index (χ3v) is 4.31. The fourth-order valence-electron chi connectivity index (χ4n) is 2.82. The second-order valence-electron chi connectivity index (χ2n) is 4.99. The van der Waals surface area contributed by atoms with Gasteiger partial charge in [0.1, 0.15) is 5.78 Å². The van der Waals surface area contributed by atoms with Crippen molar-refractivity contribution in [3.8, 4) is 0 Å². The molecule has 0 aromatic heterocycles. The van der Waals surface area contributed by atoms with Gasteiger partial charge in [-0.2, -0.15) is 0 Å². The Morgan fingerprint density at radius 2 is 1.27 bits per heavy atom. The topological polar surface area (TPSA) is 29.1 Å². The van der Waals surface area contributed by atoms with Crippen LogP contribution in [-0.2, 0) is 4.79 Å². The van der Waals surface area contributed by atoms with E-state index in [0.717, 1.165) is 38.5 Å². The first kappa shape index (κ1) is 12.7. The Balaban J connectivity index is 2.92. The minimum atomic E-state index is 0.0708. The number of hydrogen-bond donors (Lipinski definition) is 1. The lowest BCUT2D eigenvalue weighted by Gasteiger charge is -2.48. The lowest BCUT2D eigenvalue weighted by molar-refractivity contribution is -0.126. The van der Waals surface area contributed by atoms with Gasteiger partial charge in [-0.3, -0.25) is 4.79 Å². The lowest BCUT2D eigenvalue weighted by atomic mass is 9.73. The van der Waals surface area contributed by atoms with Gasteiger partial charge in [-0.05, 0) is 25.7 Å². The van der Waals surface area contributed by atoms with E-state index in [-0.39, 0.29) is 11.1 Å². The summed E-state index contributed by atoms with van der Waals surface area (Å²) < 4.78 is 0. The van der Waals surface area contributed by atoms with Crippen molar-refractivity contribution in [2.75, 3.05) is 0 Å². The highest BCUT2D eigenvalue weighted by Gasteiger charge is 2.43.